The van der Waals surface area contributed by atoms with Crippen molar-refractivity contribution in [1.29, 1.82) is 0 Å². The monoisotopic (exact) mass is 331 g/mol. The Kier molecular flexibility index (Phi) is 5.77. The van der Waals surface area contributed by atoms with Crippen molar-refractivity contribution in [1.82, 2.24) is 4.98 Å². The highest BCUT2D eigenvalue weighted by Gasteiger charge is 2.16. The van der Waals surface area contributed by atoms with E-state index in [2.05, 4.69) is 10.3 Å². The molecule has 1 N–H and O–H groups in total. The van der Waals surface area contributed by atoms with E-state index in [1.165, 1.54) is 0 Å². The predicted molar refractivity (Wildman–Crippen MR) is 102 cm³/mol. The topological polar surface area (TPSA) is 45.2 Å². The number of benzene rings is 2. The Morgan fingerprint density at radius 1 is 0.880 bits per heavy atom. The number of hydrogen-bond acceptors (Lipinski definition) is 3. The molecule has 0 atom stereocenters. The first-order valence-electron chi connectivity index (χ1n) is 8.37. The minimum atomic E-state index is 0.0414. The molecule has 3 aromatic rings. The number of hydrogen-bond donors (Lipinski definition) is 1. The van der Waals surface area contributed by atoms with Crippen LogP contribution in [0.15, 0.2) is 85.1 Å². The minimum absolute atomic E-state index is 0.0414. The van der Waals surface area contributed by atoms with E-state index in [-0.39, 0.29) is 5.91 Å². The lowest BCUT2D eigenvalue weighted by atomic mass is 10.2. The highest BCUT2D eigenvalue weighted by Crippen LogP contribution is 2.15. The van der Waals surface area contributed by atoms with E-state index >= 15 is 0 Å². The van der Waals surface area contributed by atoms with Crippen LogP contribution in [0, 0.1) is 0 Å². The molecule has 2 aromatic carbocycles. The van der Waals surface area contributed by atoms with Crippen LogP contribution in [0.3, 0.4) is 0 Å². The van der Waals surface area contributed by atoms with Gasteiger partial charge in [0.1, 0.15) is 0 Å². The summed E-state index contributed by atoms with van der Waals surface area (Å²) >= 11 is 0. The average molecular weight is 331 g/mol. The van der Waals surface area contributed by atoms with Crippen molar-refractivity contribution >= 4 is 17.3 Å². The van der Waals surface area contributed by atoms with E-state index in [0.717, 1.165) is 17.1 Å². The number of aromatic nitrogens is 1. The Labute approximate surface area is 148 Å². The Hall–Kier alpha value is -3.14. The third-order valence-corrected chi connectivity index (χ3v) is 3.87. The zero-order valence-corrected chi connectivity index (χ0v) is 14.0. The summed E-state index contributed by atoms with van der Waals surface area (Å²) in [7, 11) is 0. The Balaban J connectivity index is 1.68. The molecule has 1 heterocycles. The maximum absolute atomic E-state index is 12.8. The largest absolute Gasteiger partial charge is 0.383 e. The zero-order valence-electron chi connectivity index (χ0n) is 14.0. The van der Waals surface area contributed by atoms with Gasteiger partial charge in [-0.05, 0) is 36.4 Å². The molecule has 0 unspecified atom stereocenters. The molecule has 1 amide bonds. The van der Waals surface area contributed by atoms with Crippen molar-refractivity contribution in [3.63, 3.8) is 0 Å². The van der Waals surface area contributed by atoms with Crippen LogP contribution in [0.5, 0.6) is 0 Å². The highest BCUT2D eigenvalue weighted by molar-refractivity contribution is 5.94. The number of anilines is 2. The fourth-order valence-electron chi connectivity index (χ4n) is 2.63. The smallest absolute Gasteiger partial charge is 0.233 e. The van der Waals surface area contributed by atoms with Gasteiger partial charge >= 0.3 is 0 Å². The molecule has 0 aliphatic rings. The first kappa shape index (κ1) is 16.7. The molecule has 0 spiro atoms. The van der Waals surface area contributed by atoms with Crippen molar-refractivity contribution in [3.8, 4) is 0 Å². The second kappa shape index (κ2) is 8.64. The van der Waals surface area contributed by atoms with E-state index in [4.69, 9.17) is 0 Å². The van der Waals surface area contributed by atoms with Crippen LogP contribution in [0.4, 0.5) is 11.4 Å². The van der Waals surface area contributed by atoms with E-state index in [1.54, 1.807) is 6.20 Å². The molecule has 4 nitrogen and oxygen atoms in total. The van der Waals surface area contributed by atoms with Crippen LogP contribution in [0.25, 0.3) is 0 Å². The Morgan fingerprint density at radius 2 is 1.56 bits per heavy atom. The molecular formula is C21H21N3O. The van der Waals surface area contributed by atoms with Gasteiger partial charge in [-0.25, -0.2) is 0 Å². The summed E-state index contributed by atoms with van der Waals surface area (Å²) in [5.41, 5.74) is 2.73. The van der Waals surface area contributed by atoms with Gasteiger partial charge in [-0.2, -0.15) is 0 Å². The molecule has 25 heavy (non-hydrogen) atoms. The quantitative estimate of drug-likeness (QED) is 0.717. The van der Waals surface area contributed by atoms with Crippen molar-refractivity contribution < 1.29 is 4.79 Å². The standard InChI is InChI=1S/C21H21N3O/c25-21(17-19-11-7-8-14-22-19)24(20-12-5-2-6-13-20)16-15-23-18-9-3-1-4-10-18/h1-14,23H,15-17H2. The zero-order chi connectivity index (χ0) is 17.3. The van der Waals surface area contributed by atoms with Crippen molar-refractivity contribution in [2.24, 2.45) is 0 Å². The van der Waals surface area contributed by atoms with Gasteiger partial charge in [0.25, 0.3) is 0 Å². The summed E-state index contributed by atoms with van der Waals surface area (Å²) in [6.07, 6.45) is 2.01. The van der Waals surface area contributed by atoms with Gasteiger partial charge in [-0.3, -0.25) is 9.78 Å². The lowest BCUT2D eigenvalue weighted by molar-refractivity contribution is -0.118. The van der Waals surface area contributed by atoms with Gasteiger partial charge in [0, 0.05) is 36.4 Å². The summed E-state index contributed by atoms with van der Waals surface area (Å²) in [5.74, 6) is 0.0414. The van der Waals surface area contributed by atoms with Gasteiger partial charge in [-0.1, -0.05) is 42.5 Å². The third-order valence-electron chi connectivity index (χ3n) is 3.87. The Morgan fingerprint density at radius 3 is 2.24 bits per heavy atom. The van der Waals surface area contributed by atoms with Gasteiger partial charge in [0.2, 0.25) is 5.91 Å². The number of para-hydroxylation sites is 2. The first-order chi connectivity index (χ1) is 12.3. The summed E-state index contributed by atoms with van der Waals surface area (Å²) in [5, 5.41) is 3.35. The molecule has 4 heteroatoms. The molecule has 0 saturated heterocycles. The number of nitrogens with zero attached hydrogens (tertiary/aromatic N) is 2. The number of amides is 1. The maximum Gasteiger partial charge on any atom is 0.233 e. The Bertz CT molecular complexity index is 776. The van der Waals surface area contributed by atoms with E-state index in [9.17, 15) is 4.79 Å². The summed E-state index contributed by atoms with van der Waals surface area (Å²) < 4.78 is 0. The predicted octanol–water partition coefficient (Wildman–Crippen LogP) is 3.77. The molecule has 0 aliphatic carbocycles. The lowest BCUT2D eigenvalue weighted by Gasteiger charge is -2.23. The number of pyridine rings is 1. The molecule has 0 fully saturated rings. The fraction of sp³-hybridized carbons (Fsp3) is 0.143. The molecule has 126 valence electrons. The highest BCUT2D eigenvalue weighted by atomic mass is 16.2. The molecule has 0 bridgehead atoms. The molecule has 1 aromatic heterocycles. The molecular weight excluding hydrogens is 310 g/mol. The summed E-state index contributed by atoms with van der Waals surface area (Å²) in [4.78, 5) is 18.9. The van der Waals surface area contributed by atoms with Crippen LogP contribution < -0.4 is 10.2 Å². The molecule has 3 rings (SSSR count). The minimum Gasteiger partial charge on any atom is -0.383 e. The SMILES string of the molecule is O=C(Cc1ccccn1)N(CCNc1ccccc1)c1ccccc1. The normalized spacial score (nSPS) is 10.2. The lowest BCUT2D eigenvalue weighted by Crippen LogP contribution is -2.36. The molecule has 0 radical (unpaired) electrons. The third kappa shape index (κ3) is 4.91. The van der Waals surface area contributed by atoms with Crippen LogP contribution in [0.1, 0.15) is 5.69 Å². The van der Waals surface area contributed by atoms with E-state index in [1.807, 2.05) is 83.8 Å². The second-order valence-electron chi connectivity index (χ2n) is 5.67. The van der Waals surface area contributed by atoms with Crippen LogP contribution in [0.2, 0.25) is 0 Å². The molecule has 0 aliphatic heterocycles. The van der Waals surface area contributed by atoms with Crippen LogP contribution in [-0.2, 0) is 11.2 Å². The van der Waals surface area contributed by atoms with Gasteiger partial charge < -0.3 is 10.2 Å². The van der Waals surface area contributed by atoms with Gasteiger partial charge in [0.05, 0.1) is 6.42 Å². The molecule has 0 saturated carbocycles. The summed E-state index contributed by atoms with van der Waals surface area (Å²) in [6, 6.07) is 25.4. The second-order valence-corrected chi connectivity index (χ2v) is 5.67. The number of carbonyl (C=O) groups is 1. The number of nitrogens with one attached hydrogen (secondary N) is 1. The average Bonchev–Trinajstić information content (AvgIpc) is 2.67. The summed E-state index contributed by atoms with van der Waals surface area (Å²) in [6.45, 7) is 1.26. The van der Waals surface area contributed by atoms with Gasteiger partial charge in [-0.15, -0.1) is 0 Å². The maximum atomic E-state index is 12.8. The van der Waals surface area contributed by atoms with Crippen LogP contribution >= 0.6 is 0 Å². The fourth-order valence-corrected chi connectivity index (χ4v) is 2.63. The number of rotatable bonds is 7. The van der Waals surface area contributed by atoms with Crippen molar-refractivity contribution in [3.05, 3.63) is 90.8 Å². The number of carbonyl (C=O) groups excluding carboxylic acids is 1. The van der Waals surface area contributed by atoms with Crippen molar-refractivity contribution in [2.75, 3.05) is 23.3 Å². The van der Waals surface area contributed by atoms with E-state index in [0.29, 0.717) is 19.5 Å². The first-order valence-corrected chi connectivity index (χ1v) is 8.37. The van der Waals surface area contributed by atoms with Gasteiger partial charge in [0.15, 0.2) is 0 Å². The van der Waals surface area contributed by atoms with Crippen molar-refractivity contribution in [2.45, 2.75) is 6.42 Å². The van der Waals surface area contributed by atoms with Crippen LogP contribution in [-0.4, -0.2) is 24.0 Å². The van der Waals surface area contributed by atoms with E-state index < -0.39 is 0 Å².